The smallest absolute Gasteiger partial charge is 0.416 e. The lowest BCUT2D eigenvalue weighted by Gasteiger charge is -2.37. The van der Waals surface area contributed by atoms with Crippen molar-refractivity contribution in [3.63, 3.8) is 0 Å². The van der Waals surface area contributed by atoms with Crippen LogP contribution in [0.2, 0.25) is 5.02 Å². The second-order valence-corrected chi connectivity index (χ2v) is 12.5. The molecule has 220 valence electrons. The number of rotatable bonds is 7. The van der Waals surface area contributed by atoms with Gasteiger partial charge in [-0.3, -0.25) is 9.69 Å². The van der Waals surface area contributed by atoms with Gasteiger partial charge in [-0.2, -0.15) is 13.2 Å². The number of likely N-dealkylation sites (N-methyl/N-ethyl adjacent to an activating group) is 1. The van der Waals surface area contributed by atoms with Crippen LogP contribution in [0, 0.1) is 6.92 Å². The molecule has 1 atom stereocenters. The highest BCUT2D eigenvalue weighted by atomic mass is 35.5. The minimum absolute atomic E-state index is 0.0628. The van der Waals surface area contributed by atoms with E-state index >= 15 is 0 Å². The summed E-state index contributed by atoms with van der Waals surface area (Å²) in [6, 6.07) is 4.16. The summed E-state index contributed by atoms with van der Waals surface area (Å²) in [6.45, 7) is 3.38. The van der Waals surface area contributed by atoms with Gasteiger partial charge in [0, 0.05) is 43.9 Å². The van der Waals surface area contributed by atoms with Crippen molar-refractivity contribution in [2.24, 2.45) is 0 Å². The van der Waals surface area contributed by atoms with Gasteiger partial charge in [0.2, 0.25) is 0 Å². The van der Waals surface area contributed by atoms with Gasteiger partial charge in [0.15, 0.2) is 9.84 Å². The van der Waals surface area contributed by atoms with Gasteiger partial charge < -0.3 is 20.6 Å². The molecule has 14 heteroatoms. The van der Waals surface area contributed by atoms with E-state index in [1.807, 2.05) is 0 Å². The van der Waals surface area contributed by atoms with E-state index in [0.717, 1.165) is 9.80 Å². The van der Waals surface area contributed by atoms with Crippen molar-refractivity contribution in [1.82, 2.24) is 9.80 Å². The Labute approximate surface area is 236 Å². The average molecular weight is 605 g/mol. The molecule has 2 aromatic carbocycles. The van der Waals surface area contributed by atoms with Crippen LogP contribution in [0.5, 0.6) is 0 Å². The minimum Gasteiger partial charge on any atom is -0.465 e. The number of carboxylic acid groups (broad SMARTS) is 1. The molecular formula is C26H32ClF3N4O5S. The molecule has 1 fully saturated rings. The summed E-state index contributed by atoms with van der Waals surface area (Å²) in [7, 11) is -1.14. The maximum Gasteiger partial charge on any atom is 0.416 e. The highest BCUT2D eigenvalue weighted by Gasteiger charge is 2.38. The van der Waals surface area contributed by atoms with Crippen LogP contribution in [-0.2, 0) is 22.6 Å². The van der Waals surface area contributed by atoms with Gasteiger partial charge in [-0.15, -0.1) is 0 Å². The Morgan fingerprint density at radius 3 is 2.45 bits per heavy atom. The number of sulfone groups is 1. The zero-order valence-corrected chi connectivity index (χ0v) is 24.1. The van der Waals surface area contributed by atoms with Gasteiger partial charge >= 0.3 is 12.3 Å². The van der Waals surface area contributed by atoms with E-state index in [2.05, 4.69) is 0 Å². The Hall–Kier alpha value is -3.03. The number of carbonyl (C=O) groups excluding carboxylic acids is 1. The van der Waals surface area contributed by atoms with Crippen LogP contribution in [0.1, 0.15) is 46.8 Å². The molecule has 2 amide bonds. The quantitative estimate of drug-likeness (QED) is 0.431. The van der Waals surface area contributed by atoms with E-state index in [0.29, 0.717) is 25.5 Å². The lowest BCUT2D eigenvalue weighted by molar-refractivity contribution is -0.138. The van der Waals surface area contributed by atoms with Crippen LogP contribution in [-0.4, -0.2) is 74.3 Å². The number of alkyl halides is 3. The molecule has 0 unspecified atom stereocenters. The topological polar surface area (TPSA) is 124 Å². The van der Waals surface area contributed by atoms with Crippen LogP contribution in [0.4, 0.5) is 29.3 Å². The van der Waals surface area contributed by atoms with Gasteiger partial charge in [0.25, 0.3) is 5.91 Å². The van der Waals surface area contributed by atoms with Crippen molar-refractivity contribution in [1.29, 1.82) is 0 Å². The fourth-order valence-corrected chi connectivity index (χ4v) is 6.11. The van der Waals surface area contributed by atoms with Crippen molar-refractivity contribution in [3.8, 4) is 0 Å². The number of amides is 2. The predicted molar refractivity (Wildman–Crippen MR) is 147 cm³/mol. The van der Waals surface area contributed by atoms with Crippen LogP contribution < -0.4 is 10.6 Å². The van der Waals surface area contributed by atoms with E-state index in [4.69, 9.17) is 17.3 Å². The average Bonchev–Trinajstić information content (AvgIpc) is 2.89. The van der Waals surface area contributed by atoms with E-state index in [-0.39, 0.29) is 57.3 Å². The molecule has 0 bridgehead atoms. The molecule has 0 radical (unpaired) electrons. The first kappa shape index (κ1) is 31.5. The number of nitrogens with two attached hydrogens (primary N) is 1. The van der Waals surface area contributed by atoms with E-state index in [1.165, 1.54) is 46.1 Å². The molecule has 0 spiro atoms. The first-order chi connectivity index (χ1) is 18.5. The number of halogens is 4. The molecule has 3 N–H and O–H groups in total. The lowest BCUT2D eigenvalue weighted by atomic mass is 9.93. The van der Waals surface area contributed by atoms with Gasteiger partial charge in [-0.25, -0.2) is 13.2 Å². The third-order valence-electron chi connectivity index (χ3n) is 7.31. The molecule has 1 saturated heterocycles. The summed E-state index contributed by atoms with van der Waals surface area (Å²) < 4.78 is 68.3. The van der Waals surface area contributed by atoms with Crippen LogP contribution >= 0.6 is 11.6 Å². The third-order valence-corrected chi connectivity index (χ3v) is 9.32. The fourth-order valence-electron chi connectivity index (χ4n) is 4.84. The highest BCUT2D eigenvalue weighted by Crippen LogP contribution is 2.39. The van der Waals surface area contributed by atoms with Crippen LogP contribution in [0.25, 0.3) is 0 Å². The predicted octanol–water partition coefficient (Wildman–Crippen LogP) is 4.89. The Morgan fingerprint density at radius 1 is 1.23 bits per heavy atom. The molecule has 1 aliphatic rings. The van der Waals surface area contributed by atoms with Crippen molar-refractivity contribution in [2.75, 3.05) is 43.6 Å². The Morgan fingerprint density at radius 2 is 1.88 bits per heavy atom. The van der Waals surface area contributed by atoms with Crippen molar-refractivity contribution >= 4 is 44.8 Å². The second-order valence-electron chi connectivity index (χ2n) is 9.79. The summed E-state index contributed by atoms with van der Waals surface area (Å²) in [5.41, 5.74) is 4.47. The van der Waals surface area contributed by atoms with Crippen LogP contribution in [0.3, 0.4) is 0 Å². The first-order valence-corrected chi connectivity index (χ1v) is 14.5. The number of carbonyl (C=O) groups is 2. The van der Waals surface area contributed by atoms with Gasteiger partial charge in [-0.1, -0.05) is 18.5 Å². The molecule has 9 nitrogen and oxygen atoms in total. The number of hydrogen-bond acceptors (Lipinski definition) is 6. The molecule has 3 rings (SSSR count). The minimum atomic E-state index is -4.83. The normalized spacial score (nSPS) is 16.6. The first-order valence-electron chi connectivity index (χ1n) is 12.5. The molecule has 0 aromatic heterocycles. The lowest BCUT2D eigenvalue weighted by Crippen LogP contribution is -2.48. The molecule has 2 aromatic rings. The number of anilines is 2. The summed E-state index contributed by atoms with van der Waals surface area (Å²) in [4.78, 5) is 28.5. The summed E-state index contributed by atoms with van der Waals surface area (Å²) in [6.07, 6.45) is -4.76. The third kappa shape index (κ3) is 6.47. The number of hydrogen-bond donors (Lipinski definition) is 2. The molecule has 0 aliphatic carbocycles. The van der Waals surface area contributed by atoms with E-state index < -0.39 is 39.1 Å². The van der Waals surface area contributed by atoms with Gasteiger partial charge in [0.1, 0.15) is 0 Å². The highest BCUT2D eigenvalue weighted by molar-refractivity contribution is 7.91. The van der Waals surface area contributed by atoms with Crippen molar-refractivity contribution in [2.45, 2.75) is 50.3 Å². The van der Waals surface area contributed by atoms with E-state index in [1.54, 1.807) is 4.90 Å². The molecule has 0 saturated carbocycles. The SMILES string of the molecule is CCS(=O)(=O)c1ccc(Cl)cc1N(C)C(=O)c1cc(C(F)(F)F)c(CN2CCC[C@H](N(C)C(=O)O)C2)c(C)c1N. The fraction of sp³-hybridized carbons (Fsp3) is 0.462. The molecule has 1 heterocycles. The van der Waals surface area contributed by atoms with Crippen molar-refractivity contribution in [3.05, 3.63) is 51.5 Å². The number of benzene rings is 2. The second kappa shape index (κ2) is 11.8. The monoisotopic (exact) mass is 604 g/mol. The Bertz CT molecular complexity index is 1420. The summed E-state index contributed by atoms with van der Waals surface area (Å²) >= 11 is 6.06. The van der Waals surface area contributed by atoms with Gasteiger partial charge in [-0.05, 0) is 61.7 Å². The maximum absolute atomic E-state index is 14.3. The molecule has 1 aliphatic heterocycles. The number of likely N-dealkylation sites (tertiary alicyclic amines) is 1. The standard InChI is InChI=1S/C26H32ClF3N4O5S/c1-5-40(38,39)22-9-8-16(27)11-21(22)33(4)24(35)18-12-20(26(28,29)30)19(15(2)23(18)31)14-34-10-6-7-17(13-34)32(3)25(36)37/h8-9,11-12,17H,5-7,10,13-14,31H2,1-4H3,(H,36,37)/t17-/m0/s1. The Kier molecular flexibility index (Phi) is 9.32. The zero-order valence-electron chi connectivity index (χ0n) is 22.5. The van der Waals surface area contributed by atoms with E-state index in [9.17, 15) is 36.3 Å². The number of piperidine rings is 1. The number of nitrogens with zero attached hydrogens (tertiary/aromatic N) is 3. The largest absolute Gasteiger partial charge is 0.465 e. The summed E-state index contributed by atoms with van der Waals surface area (Å²) in [5.74, 6) is -1.20. The number of nitrogen functional groups attached to an aromatic ring is 1. The molecule has 40 heavy (non-hydrogen) atoms. The van der Waals surface area contributed by atoms with Crippen LogP contribution in [0.15, 0.2) is 29.2 Å². The summed E-state index contributed by atoms with van der Waals surface area (Å²) in [5, 5.41) is 9.44. The zero-order chi connectivity index (χ0) is 30.2. The molecular weight excluding hydrogens is 573 g/mol. The van der Waals surface area contributed by atoms with Gasteiger partial charge in [0.05, 0.1) is 27.5 Å². The van der Waals surface area contributed by atoms with Crippen molar-refractivity contribution < 1.29 is 36.3 Å². The Balaban J connectivity index is 2.06. The maximum atomic E-state index is 14.3.